The average Bonchev–Trinajstić information content (AvgIpc) is 3.04. The van der Waals surface area contributed by atoms with Gasteiger partial charge in [0.15, 0.2) is 0 Å². The number of rotatable bonds is 10. The first-order valence-corrected chi connectivity index (χ1v) is 16.8. The van der Waals surface area contributed by atoms with Gasteiger partial charge in [0.1, 0.15) is 23.4 Å². The zero-order valence-electron chi connectivity index (χ0n) is 24.8. The third-order valence-corrected chi connectivity index (χ3v) is 10.7. The molecule has 14 heteroatoms. The van der Waals surface area contributed by atoms with Crippen molar-refractivity contribution in [2.45, 2.75) is 42.2 Å². The minimum Gasteiger partial charge on any atom is -0.497 e. The van der Waals surface area contributed by atoms with E-state index >= 15 is 0 Å². The molecule has 2 N–H and O–H groups in total. The summed E-state index contributed by atoms with van der Waals surface area (Å²) < 4.78 is 81.2. The minimum absolute atomic E-state index is 0.0106. The number of carbonyl (C=O) groups is 1. The van der Waals surface area contributed by atoms with Gasteiger partial charge in [-0.05, 0) is 73.7 Å². The Bertz CT molecular complexity index is 1680. The molecule has 1 aliphatic rings. The maximum atomic E-state index is 13.5. The molecule has 0 unspecified atom stereocenters. The van der Waals surface area contributed by atoms with E-state index in [1.807, 2.05) is 6.92 Å². The van der Waals surface area contributed by atoms with Gasteiger partial charge in [-0.1, -0.05) is 6.92 Å². The first-order chi connectivity index (χ1) is 20.7. The van der Waals surface area contributed by atoms with Crippen LogP contribution in [0.3, 0.4) is 0 Å². The quantitative estimate of drug-likeness (QED) is 0.341. The van der Waals surface area contributed by atoms with E-state index < -0.39 is 43.9 Å². The second kappa shape index (κ2) is 13.5. The monoisotopic (exact) mass is 649 g/mol. The normalized spacial score (nSPS) is 18.4. The summed E-state index contributed by atoms with van der Waals surface area (Å²) in [6.07, 6.45) is -0.906. The van der Waals surface area contributed by atoms with Crippen LogP contribution in [0.25, 0.3) is 0 Å². The van der Waals surface area contributed by atoms with Crippen molar-refractivity contribution in [1.29, 1.82) is 0 Å². The van der Waals surface area contributed by atoms with Gasteiger partial charge in [-0.3, -0.25) is 9.52 Å². The number of anilines is 1. The van der Waals surface area contributed by atoms with Gasteiger partial charge >= 0.3 is 0 Å². The molecule has 0 radical (unpaired) electrons. The van der Waals surface area contributed by atoms with Crippen LogP contribution in [0.1, 0.15) is 19.4 Å². The highest BCUT2D eigenvalue weighted by atomic mass is 32.2. The van der Waals surface area contributed by atoms with E-state index in [0.29, 0.717) is 11.3 Å². The molecule has 0 spiro atoms. The number of hydrogen-bond donors (Lipinski definition) is 2. The summed E-state index contributed by atoms with van der Waals surface area (Å²) in [7, 11) is -5.13. The van der Waals surface area contributed by atoms with E-state index in [0.717, 1.165) is 16.4 Å². The smallest absolute Gasteiger partial charge is 0.261 e. The second-order valence-electron chi connectivity index (χ2n) is 10.7. The van der Waals surface area contributed by atoms with Gasteiger partial charge in [0.05, 0.1) is 42.5 Å². The zero-order valence-corrected chi connectivity index (χ0v) is 26.4. The van der Waals surface area contributed by atoms with Crippen molar-refractivity contribution in [3.8, 4) is 11.5 Å². The van der Waals surface area contributed by atoms with Crippen LogP contribution in [0.2, 0.25) is 0 Å². The Labute approximate surface area is 257 Å². The molecule has 3 aromatic carbocycles. The summed E-state index contributed by atoms with van der Waals surface area (Å²) in [5, 5.41) is 9.87. The van der Waals surface area contributed by atoms with Crippen LogP contribution in [-0.2, 0) is 31.3 Å². The van der Waals surface area contributed by atoms with Gasteiger partial charge in [-0.25, -0.2) is 21.2 Å². The number of aliphatic hydroxyl groups excluding tert-OH is 1. The van der Waals surface area contributed by atoms with Gasteiger partial charge in [-0.2, -0.15) is 4.31 Å². The van der Waals surface area contributed by atoms with E-state index in [1.165, 1.54) is 73.7 Å². The molecular formula is C30H36FN3O8S2. The lowest BCUT2D eigenvalue weighted by Gasteiger charge is -2.33. The van der Waals surface area contributed by atoms with Crippen LogP contribution in [-0.4, -0.2) is 83.1 Å². The summed E-state index contributed by atoms with van der Waals surface area (Å²) in [4.78, 5) is 14.9. The van der Waals surface area contributed by atoms with Crippen LogP contribution < -0.4 is 14.2 Å². The van der Waals surface area contributed by atoms with E-state index in [9.17, 15) is 31.1 Å². The fraction of sp³-hybridized carbons (Fsp3) is 0.367. The topological polar surface area (TPSA) is 143 Å². The fourth-order valence-corrected chi connectivity index (χ4v) is 7.05. The molecule has 0 aromatic heterocycles. The molecule has 0 aliphatic carbocycles. The third kappa shape index (κ3) is 7.49. The zero-order chi connectivity index (χ0) is 32.2. The molecule has 1 amide bonds. The number of likely N-dealkylation sites (N-methyl/N-ethyl adjacent to an activating group) is 1. The van der Waals surface area contributed by atoms with Crippen molar-refractivity contribution in [3.63, 3.8) is 0 Å². The molecule has 0 saturated carbocycles. The van der Waals surface area contributed by atoms with Crippen LogP contribution in [0.5, 0.6) is 11.5 Å². The lowest BCUT2D eigenvalue weighted by Crippen LogP contribution is -2.48. The van der Waals surface area contributed by atoms with E-state index in [4.69, 9.17) is 9.47 Å². The van der Waals surface area contributed by atoms with Gasteiger partial charge in [0.2, 0.25) is 15.9 Å². The predicted molar refractivity (Wildman–Crippen MR) is 162 cm³/mol. The van der Waals surface area contributed by atoms with E-state index in [-0.39, 0.29) is 53.3 Å². The number of benzene rings is 3. The number of fused-ring (bicyclic) bond motifs is 1. The Balaban J connectivity index is 1.67. The number of sulfonamides is 2. The van der Waals surface area contributed by atoms with E-state index in [1.54, 1.807) is 6.92 Å². The highest BCUT2D eigenvalue weighted by molar-refractivity contribution is 7.92. The van der Waals surface area contributed by atoms with Crippen LogP contribution >= 0.6 is 0 Å². The number of hydrogen-bond acceptors (Lipinski definition) is 8. The molecule has 11 nitrogen and oxygen atoms in total. The Morgan fingerprint density at radius 3 is 2.32 bits per heavy atom. The molecule has 1 aliphatic heterocycles. The maximum Gasteiger partial charge on any atom is 0.261 e. The van der Waals surface area contributed by atoms with Crippen molar-refractivity contribution in [3.05, 3.63) is 78.1 Å². The highest BCUT2D eigenvalue weighted by Gasteiger charge is 2.33. The fourth-order valence-electron chi connectivity index (χ4n) is 4.82. The summed E-state index contributed by atoms with van der Waals surface area (Å²) in [5.41, 5.74) is 0.570. The van der Waals surface area contributed by atoms with Crippen LogP contribution in [0, 0.1) is 11.7 Å². The summed E-state index contributed by atoms with van der Waals surface area (Å²) in [6.45, 7) is 3.28. The van der Waals surface area contributed by atoms with Crippen molar-refractivity contribution < 1.29 is 40.6 Å². The number of methoxy groups -OCH3 is 1. The van der Waals surface area contributed by atoms with Crippen molar-refractivity contribution in [2.24, 2.45) is 5.92 Å². The molecule has 0 bridgehead atoms. The SMILES string of the molecule is COc1ccc(S(=O)(=O)Nc2ccc3c(c2)CC(=O)N([C@H](C)CO)C[C@@H](C)[C@H](CN(C)S(=O)(=O)c2ccc(F)cc2)O3)cc1. The first kappa shape index (κ1) is 33.2. The molecule has 3 aromatic rings. The minimum atomic E-state index is -4.01. The van der Waals surface area contributed by atoms with Crippen LogP contribution in [0.15, 0.2) is 76.5 Å². The number of aliphatic hydroxyl groups is 1. The number of nitrogens with zero attached hydrogens (tertiary/aromatic N) is 2. The van der Waals surface area contributed by atoms with Crippen molar-refractivity contribution in [1.82, 2.24) is 9.21 Å². The number of halogens is 1. The predicted octanol–water partition coefficient (Wildman–Crippen LogP) is 3.10. The number of carbonyl (C=O) groups excluding carboxylic acids is 1. The highest BCUT2D eigenvalue weighted by Crippen LogP contribution is 2.31. The number of amides is 1. The first-order valence-electron chi connectivity index (χ1n) is 13.8. The maximum absolute atomic E-state index is 13.5. The van der Waals surface area contributed by atoms with E-state index in [2.05, 4.69) is 4.72 Å². The summed E-state index contributed by atoms with van der Waals surface area (Å²) in [5.74, 6) is -0.485. The molecule has 44 heavy (non-hydrogen) atoms. The Kier molecular flexibility index (Phi) is 10.2. The standard InChI is InChI=1S/C30H36FN3O8S2/c1-20-17-34(21(2)19-35)30(36)16-22-15-24(32-43(37,38)26-12-8-25(41-4)9-13-26)7-14-28(22)42-29(20)18-33(3)44(39,40)27-10-5-23(31)6-11-27/h5-15,20-21,29,32,35H,16-19H2,1-4H3/t20-,21-,29+/m1/s1. The molecule has 0 saturated heterocycles. The summed E-state index contributed by atoms with van der Waals surface area (Å²) in [6, 6.07) is 14.4. The number of ether oxygens (including phenoxy) is 2. The van der Waals surface area contributed by atoms with Gasteiger partial charge in [-0.15, -0.1) is 0 Å². The summed E-state index contributed by atoms with van der Waals surface area (Å²) >= 11 is 0. The molecule has 238 valence electrons. The Morgan fingerprint density at radius 2 is 1.70 bits per heavy atom. The Morgan fingerprint density at radius 1 is 1.07 bits per heavy atom. The molecule has 1 heterocycles. The van der Waals surface area contributed by atoms with Crippen molar-refractivity contribution >= 4 is 31.6 Å². The lowest BCUT2D eigenvalue weighted by molar-refractivity contribution is -0.134. The van der Waals surface area contributed by atoms with Gasteiger partial charge in [0, 0.05) is 30.8 Å². The largest absolute Gasteiger partial charge is 0.497 e. The molecule has 3 atom stereocenters. The van der Waals surface area contributed by atoms with Gasteiger partial charge < -0.3 is 19.5 Å². The number of nitrogens with one attached hydrogen (secondary N) is 1. The molecule has 0 fully saturated rings. The lowest BCUT2D eigenvalue weighted by atomic mass is 10.0. The average molecular weight is 650 g/mol. The molecular weight excluding hydrogens is 613 g/mol. The van der Waals surface area contributed by atoms with Crippen molar-refractivity contribution in [2.75, 3.05) is 38.6 Å². The second-order valence-corrected chi connectivity index (χ2v) is 14.5. The third-order valence-electron chi connectivity index (χ3n) is 7.50. The van der Waals surface area contributed by atoms with Crippen LogP contribution in [0.4, 0.5) is 10.1 Å². The molecule has 4 rings (SSSR count). The Hall–Kier alpha value is -3.72. The van der Waals surface area contributed by atoms with Gasteiger partial charge in [0.25, 0.3) is 10.0 Å².